The van der Waals surface area contributed by atoms with E-state index in [1.54, 1.807) is 23.9 Å². The first-order chi connectivity index (χ1) is 9.93. The van der Waals surface area contributed by atoms with E-state index < -0.39 is 17.8 Å². The molecular formula is C16H15F3OS. The van der Waals surface area contributed by atoms with Gasteiger partial charge in [-0.2, -0.15) is 13.2 Å². The second-order valence-electron chi connectivity index (χ2n) is 4.49. The van der Waals surface area contributed by atoms with Crippen LogP contribution in [0.1, 0.15) is 29.7 Å². The Morgan fingerprint density at radius 2 is 1.67 bits per heavy atom. The number of aliphatic hydroxyl groups excluding tert-OH is 1. The van der Waals surface area contributed by atoms with Crippen LogP contribution >= 0.6 is 11.8 Å². The average molecular weight is 312 g/mol. The number of aliphatic hydroxyl groups is 1. The minimum atomic E-state index is -4.48. The van der Waals surface area contributed by atoms with Crippen molar-refractivity contribution in [3.05, 3.63) is 65.2 Å². The van der Waals surface area contributed by atoms with Gasteiger partial charge in [-0.15, -0.1) is 11.8 Å². The van der Waals surface area contributed by atoms with E-state index in [0.717, 1.165) is 16.7 Å². The van der Waals surface area contributed by atoms with Crippen molar-refractivity contribution in [3.8, 4) is 0 Å². The van der Waals surface area contributed by atoms with Crippen LogP contribution in [-0.4, -0.2) is 10.9 Å². The Balaban J connectivity index is 2.34. The molecule has 1 atom stereocenters. The topological polar surface area (TPSA) is 20.2 Å². The van der Waals surface area contributed by atoms with Gasteiger partial charge in [-0.3, -0.25) is 0 Å². The molecule has 21 heavy (non-hydrogen) atoms. The molecule has 0 heterocycles. The highest BCUT2D eigenvalue weighted by Gasteiger charge is 2.34. The lowest BCUT2D eigenvalue weighted by molar-refractivity contribution is -0.139. The molecule has 0 saturated heterocycles. The molecule has 0 aliphatic heterocycles. The van der Waals surface area contributed by atoms with Gasteiger partial charge in [-0.05, 0) is 35.1 Å². The zero-order valence-corrected chi connectivity index (χ0v) is 12.2. The van der Waals surface area contributed by atoms with Crippen LogP contribution < -0.4 is 0 Å². The summed E-state index contributed by atoms with van der Waals surface area (Å²) in [4.78, 5) is 1.03. The Morgan fingerprint density at radius 1 is 1.05 bits per heavy atom. The summed E-state index contributed by atoms with van der Waals surface area (Å²) in [6.07, 6.45) is -5.77. The van der Waals surface area contributed by atoms with E-state index in [9.17, 15) is 18.3 Å². The molecule has 2 aromatic carbocycles. The highest BCUT2D eigenvalue weighted by molar-refractivity contribution is 7.99. The molecule has 1 unspecified atom stereocenters. The zero-order chi connectivity index (χ0) is 15.5. The molecule has 1 nitrogen and oxygen atoms in total. The van der Waals surface area contributed by atoms with Crippen LogP contribution in [-0.2, 0) is 6.18 Å². The maximum absolute atomic E-state index is 13.0. The fraction of sp³-hybridized carbons (Fsp3) is 0.250. The van der Waals surface area contributed by atoms with Gasteiger partial charge in [0.1, 0.15) is 6.10 Å². The van der Waals surface area contributed by atoms with Crippen molar-refractivity contribution in [1.29, 1.82) is 0 Å². The number of rotatable bonds is 4. The molecule has 0 bridgehead atoms. The summed E-state index contributed by atoms with van der Waals surface area (Å²) in [6, 6.07) is 12.1. The molecule has 1 N–H and O–H groups in total. The lowest BCUT2D eigenvalue weighted by Crippen LogP contribution is -2.12. The summed E-state index contributed by atoms with van der Waals surface area (Å²) >= 11 is 1.64. The van der Waals surface area contributed by atoms with Crippen molar-refractivity contribution in [2.24, 2.45) is 0 Å². The quantitative estimate of drug-likeness (QED) is 0.810. The summed E-state index contributed by atoms with van der Waals surface area (Å²) < 4.78 is 38.9. The summed E-state index contributed by atoms with van der Waals surface area (Å²) in [6.45, 7) is 2.02. The van der Waals surface area contributed by atoms with Crippen molar-refractivity contribution in [2.45, 2.75) is 24.1 Å². The zero-order valence-electron chi connectivity index (χ0n) is 11.4. The van der Waals surface area contributed by atoms with Gasteiger partial charge < -0.3 is 5.11 Å². The van der Waals surface area contributed by atoms with Gasteiger partial charge in [-0.25, -0.2) is 0 Å². The number of alkyl halides is 3. The van der Waals surface area contributed by atoms with Crippen LogP contribution in [0.4, 0.5) is 13.2 Å². The van der Waals surface area contributed by atoms with E-state index in [-0.39, 0.29) is 5.56 Å². The van der Waals surface area contributed by atoms with E-state index in [4.69, 9.17) is 0 Å². The Labute approximate surface area is 125 Å². The van der Waals surface area contributed by atoms with Crippen molar-refractivity contribution in [2.75, 3.05) is 5.75 Å². The van der Waals surface area contributed by atoms with Crippen LogP contribution in [0.2, 0.25) is 0 Å². The fourth-order valence-corrected chi connectivity index (χ4v) is 2.75. The van der Waals surface area contributed by atoms with Crippen molar-refractivity contribution < 1.29 is 18.3 Å². The molecule has 0 saturated carbocycles. The van der Waals surface area contributed by atoms with Crippen LogP contribution in [0.25, 0.3) is 0 Å². The largest absolute Gasteiger partial charge is 0.416 e. The lowest BCUT2D eigenvalue weighted by Gasteiger charge is -2.18. The third-order valence-corrected chi connectivity index (χ3v) is 3.96. The van der Waals surface area contributed by atoms with Crippen LogP contribution in [0.15, 0.2) is 53.4 Å². The smallest absolute Gasteiger partial charge is 0.384 e. The highest BCUT2D eigenvalue weighted by atomic mass is 32.2. The molecule has 112 valence electrons. The normalized spacial score (nSPS) is 13.2. The van der Waals surface area contributed by atoms with E-state index in [1.807, 2.05) is 19.1 Å². The van der Waals surface area contributed by atoms with Gasteiger partial charge in [0, 0.05) is 4.90 Å². The van der Waals surface area contributed by atoms with E-state index in [1.165, 1.54) is 18.2 Å². The number of hydrogen-bond donors (Lipinski definition) is 1. The molecule has 2 rings (SSSR count). The predicted molar refractivity (Wildman–Crippen MR) is 78.3 cm³/mol. The van der Waals surface area contributed by atoms with Gasteiger partial charge in [0.25, 0.3) is 0 Å². The summed E-state index contributed by atoms with van der Waals surface area (Å²) in [7, 11) is 0. The van der Waals surface area contributed by atoms with Crippen LogP contribution in [0, 0.1) is 0 Å². The minimum absolute atomic E-state index is 0.124. The van der Waals surface area contributed by atoms with Gasteiger partial charge in [-0.1, -0.05) is 37.3 Å². The van der Waals surface area contributed by atoms with E-state index in [0.29, 0.717) is 5.56 Å². The lowest BCUT2D eigenvalue weighted by atomic mass is 9.96. The molecule has 0 aliphatic rings. The second-order valence-corrected chi connectivity index (χ2v) is 5.83. The molecule has 0 aliphatic carbocycles. The van der Waals surface area contributed by atoms with Gasteiger partial charge in [0.05, 0.1) is 5.56 Å². The van der Waals surface area contributed by atoms with Crippen LogP contribution in [0.3, 0.4) is 0 Å². The van der Waals surface area contributed by atoms with Crippen molar-refractivity contribution >= 4 is 11.8 Å². The predicted octanol–water partition coefficient (Wildman–Crippen LogP) is 4.90. The molecule has 0 radical (unpaired) electrons. The molecule has 5 heteroatoms. The second kappa shape index (κ2) is 6.54. The number of thioether (sulfide) groups is 1. The Hall–Kier alpha value is -1.46. The molecule has 2 aromatic rings. The van der Waals surface area contributed by atoms with Gasteiger partial charge in [0.2, 0.25) is 0 Å². The standard InChI is InChI=1S/C16H15F3OS/c1-2-21-12-9-7-11(8-10-12)15(20)13-5-3-4-6-14(13)16(17,18)19/h3-10,15,20H,2H2,1H3. The summed E-state index contributed by atoms with van der Waals surface area (Å²) in [5.41, 5.74) is -0.474. The van der Waals surface area contributed by atoms with E-state index in [2.05, 4.69) is 0 Å². The van der Waals surface area contributed by atoms with Crippen molar-refractivity contribution in [3.63, 3.8) is 0 Å². The van der Waals surface area contributed by atoms with Crippen molar-refractivity contribution in [1.82, 2.24) is 0 Å². The maximum Gasteiger partial charge on any atom is 0.416 e. The highest BCUT2D eigenvalue weighted by Crippen LogP contribution is 2.36. The minimum Gasteiger partial charge on any atom is -0.384 e. The first-order valence-electron chi connectivity index (χ1n) is 6.50. The Bertz CT molecular complexity index is 593. The van der Waals surface area contributed by atoms with Gasteiger partial charge >= 0.3 is 6.18 Å². The molecule has 0 aromatic heterocycles. The Kier molecular flexibility index (Phi) is 4.96. The first-order valence-corrected chi connectivity index (χ1v) is 7.49. The summed E-state index contributed by atoms with van der Waals surface area (Å²) in [5, 5.41) is 10.3. The first kappa shape index (κ1) is 15.9. The molecule has 0 amide bonds. The third-order valence-electron chi connectivity index (χ3n) is 3.07. The average Bonchev–Trinajstić information content (AvgIpc) is 2.47. The monoisotopic (exact) mass is 312 g/mol. The van der Waals surface area contributed by atoms with Gasteiger partial charge in [0.15, 0.2) is 0 Å². The van der Waals surface area contributed by atoms with E-state index >= 15 is 0 Å². The molecule has 0 fully saturated rings. The summed E-state index contributed by atoms with van der Waals surface area (Å²) in [5.74, 6) is 0.915. The number of benzene rings is 2. The SMILES string of the molecule is CCSc1ccc(C(O)c2ccccc2C(F)(F)F)cc1. The molecular weight excluding hydrogens is 297 g/mol. The maximum atomic E-state index is 13.0. The number of halogens is 3. The number of hydrogen-bond acceptors (Lipinski definition) is 2. The Morgan fingerprint density at radius 3 is 2.24 bits per heavy atom. The third kappa shape index (κ3) is 3.80. The van der Waals surface area contributed by atoms with Crippen LogP contribution in [0.5, 0.6) is 0 Å². The fourth-order valence-electron chi connectivity index (χ4n) is 2.09. The molecule has 0 spiro atoms.